The Kier molecular flexibility index (Phi) is 3.46. The van der Waals surface area contributed by atoms with E-state index in [0.29, 0.717) is 4.47 Å². The number of carboxylic acid groups (broad SMARTS) is 1. The molecule has 1 aromatic rings. The predicted molar refractivity (Wildman–Crippen MR) is 54.8 cm³/mol. The van der Waals surface area contributed by atoms with E-state index in [2.05, 4.69) is 21.2 Å². The molecule has 0 spiro atoms. The maximum atomic E-state index is 13.2. The minimum absolute atomic E-state index is 0.183. The molecule has 0 aliphatic carbocycles. The molecule has 76 valence electrons. The molecule has 1 aromatic carbocycles. The van der Waals surface area contributed by atoms with E-state index in [-0.39, 0.29) is 5.69 Å². The Bertz CT molecular complexity index is 357. The molecule has 1 unspecified atom stereocenters. The summed E-state index contributed by atoms with van der Waals surface area (Å²) in [7, 11) is 0. The van der Waals surface area contributed by atoms with Gasteiger partial charge in [0.05, 0.1) is 5.69 Å². The van der Waals surface area contributed by atoms with Crippen molar-refractivity contribution in [3.8, 4) is 0 Å². The second kappa shape index (κ2) is 4.41. The van der Waals surface area contributed by atoms with Gasteiger partial charge in [-0.15, -0.1) is 0 Å². The highest BCUT2D eigenvalue weighted by molar-refractivity contribution is 9.10. The van der Waals surface area contributed by atoms with E-state index in [9.17, 15) is 9.18 Å². The molecule has 1 rings (SSSR count). The first-order valence-corrected chi connectivity index (χ1v) is 4.74. The van der Waals surface area contributed by atoms with Gasteiger partial charge in [-0.3, -0.25) is 4.79 Å². The van der Waals surface area contributed by atoms with Crippen molar-refractivity contribution < 1.29 is 14.3 Å². The van der Waals surface area contributed by atoms with Gasteiger partial charge in [-0.25, -0.2) is 4.39 Å². The summed E-state index contributed by atoms with van der Waals surface area (Å²) in [6.45, 7) is 1.45. The van der Waals surface area contributed by atoms with Crippen LogP contribution in [-0.2, 0) is 4.79 Å². The third kappa shape index (κ3) is 2.70. The van der Waals surface area contributed by atoms with E-state index in [4.69, 9.17) is 5.11 Å². The van der Waals surface area contributed by atoms with Crippen LogP contribution in [-0.4, -0.2) is 17.1 Å². The average molecular weight is 262 g/mol. The van der Waals surface area contributed by atoms with Gasteiger partial charge in [-0.1, -0.05) is 15.9 Å². The highest BCUT2D eigenvalue weighted by Gasteiger charge is 2.12. The third-order valence-electron chi connectivity index (χ3n) is 1.67. The van der Waals surface area contributed by atoms with Gasteiger partial charge >= 0.3 is 5.97 Å². The van der Waals surface area contributed by atoms with Crippen molar-refractivity contribution >= 4 is 27.6 Å². The van der Waals surface area contributed by atoms with Crippen LogP contribution in [0.3, 0.4) is 0 Å². The molecule has 14 heavy (non-hydrogen) atoms. The Morgan fingerprint density at radius 2 is 2.29 bits per heavy atom. The fourth-order valence-electron chi connectivity index (χ4n) is 0.902. The Labute approximate surface area is 89.1 Å². The van der Waals surface area contributed by atoms with Gasteiger partial charge in [0.1, 0.15) is 11.9 Å². The Hall–Kier alpha value is -1.10. The molecule has 3 nitrogen and oxygen atoms in total. The Morgan fingerprint density at radius 3 is 2.79 bits per heavy atom. The number of rotatable bonds is 3. The summed E-state index contributed by atoms with van der Waals surface area (Å²) in [5.41, 5.74) is 0.183. The number of carboxylic acids is 1. The quantitative estimate of drug-likeness (QED) is 0.879. The lowest BCUT2D eigenvalue weighted by Gasteiger charge is -2.11. The van der Waals surface area contributed by atoms with Gasteiger partial charge in [0.15, 0.2) is 0 Å². The van der Waals surface area contributed by atoms with Gasteiger partial charge in [0.25, 0.3) is 0 Å². The van der Waals surface area contributed by atoms with Crippen molar-refractivity contribution in [2.24, 2.45) is 0 Å². The number of aliphatic carboxylic acids is 1. The second-order valence-electron chi connectivity index (χ2n) is 2.83. The fourth-order valence-corrected chi connectivity index (χ4v) is 1.23. The highest BCUT2D eigenvalue weighted by Crippen LogP contribution is 2.19. The van der Waals surface area contributed by atoms with Crippen LogP contribution < -0.4 is 5.32 Å². The number of hydrogen-bond donors (Lipinski definition) is 2. The van der Waals surface area contributed by atoms with Gasteiger partial charge in [0, 0.05) is 4.47 Å². The standard InChI is InChI=1S/C9H9BrFNO2/c1-5(9(13)14)12-8-3-2-6(10)4-7(8)11/h2-5,12H,1H3,(H,13,14). The highest BCUT2D eigenvalue weighted by atomic mass is 79.9. The average Bonchev–Trinajstić information content (AvgIpc) is 2.09. The number of nitrogens with one attached hydrogen (secondary N) is 1. The van der Waals surface area contributed by atoms with Crippen molar-refractivity contribution in [3.63, 3.8) is 0 Å². The molecule has 0 aliphatic heterocycles. The van der Waals surface area contributed by atoms with Crippen molar-refractivity contribution in [2.75, 3.05) is 5.32 Å². The normalized spacial score (nSPS) is 12.2. The zero-order valence-corrected chi connectivity index (χ0v) is 9.01. The summed E-state index contributed by atoms with van der Waals surface area (Å²) in [6, 6.07) is 3.58. The van der Waals surface area contributed by atoms with E-state index in [1.807, 2.05) is 0 Å². The van der Waals surface area contributed by atoms with Crippen LogP contribution in [0.5, 0.6) is 0 Å². The SMILES string of the molecule is CC(Nc1ccc(Br)cc1F)C(=O)O. The maximum Gasteiger partial charge on any atom is 0.325 e. The number of benzene rings is 1. The molecular weight excluding hydrogens is 253 g/mol. The van der Waals surface area contributed by atoms with E-state index < -0.39 is 17.8 Å². The summed E-state index contributed by atoms with van der Waals surface area (Å²) in [4.78, 5) is 10.5. The van der Waals surface area contributed by atoms with Crippen LogP contribution in [0.2, 0.25) is 0 Å². The minimum atomic E-state index is -1.02. The Morgan fingerprint density at radius 1 is 1.64 bits per heavy atom. The fraction of sp³-hybridized carbons (Fsp3) is 0.222. The second-order valence-corrected chi connectivity index (χ2v) is 3.74. The molecule has 1 atom stereocenters. The first-order chi connectivity index (χ1) is 6.50. The van der Waals surface area contributed by atoms with Crippen LogP contribution in [0.15, 0.2) is 22.7 Å². The van der Waals surface area contributed by atoms with Crippen molar-refractivity contribution in [2.45, 2.75) is 13.0 Å². The van der Waals surface area contributed by atoms with Crippen LogP contribution in [0.1, 0.15) is 6.92 Å². The third-order valence-corrected chi connectivity index (χ3v) is 2.17. The summed E-state index contributed by atoms with van der Waals surface area (Å²) in [5.74, 6) is -1.50. The van der Waals surface area contributed by atoms with Crippen LogP contribution in [0.25, 0.3) is 0 Å². The van der Waals surface area contributed by atoms with Crippen LogP contribution in [0.4, 0.5) is 10.1 Å². The largest absolute Gasteiger partial charge is 0.480 e. The molecule has 5 heteroatoms. The Balaban J connectivity index is 2.82. The topological polar surface area (TPSA) is 49.3 Å². The summed E-state index contributed by atoms with van der Waals surface area (Å²) in [6.07, 6.45) is 0. The van der Waals surface area contributed by atoms with Gasteiger partial charge < -0.3 is 10.4 Å². The summed E-state index contributed by atoms with van der Waals surface area (Å²) >= 11 is 3.11. The monoisotopic (exact) mass is 261 g/mol. The molecule has 0 saturated heterocycles. The van der Waals surface area contributed by atoms with Gasteiger partial charge in [-0.05, 0) is 25.1 Å². The molecule has 0 aliphatic rings. The summed E-state index contributed by atoms with van der Waals surface area (Å²) < 4.78 is 13.8. The van der Waals surface area contributed by atoms with Crippen LogP contribution >= 0.6 is 15.9 Å². The van der Waals surface area contributed by atoms with Crippen molar-refractivity contribution in [1.29, 1.82) is 0 Å². The zero-order valence-electron chi connectivity index (χ0n) is 7.42. The minimum Gasteiger partial charge on any atom is -0.480 e. The van der Waals surface area contributed by atoms with Crippen LogP contribution in [0, 0.1) is 5.82 Å². The molecule has 0 aromatic heterocycles. The zero-order chi connectivity index (χ0) is 10.7. The smallest absolute Gasteiger partial charge is 0.325 e. The van der Waals surface area contributed by atoms with Gasteiger partial charge in [-0.2, -0.15) is 0 Å². The van der Waals surface area contributed by atoms with E-state index in [1.165, 1.54) is 19.1 Å². The molecule has 0 saturated carbocycles. The maximum absolute atomic E-state index is 13.2. The molecule has 0 amide bonds. The lowest BCUT2D eigenvalue weighted by molar-refractivity contribution is -0.137. The molecule has 2 N–H and O–H groups in total. The first-order valence-electron chi connectivity index (χ1n) is 3.95. The molecular formula is C9H9BrFNO2. The lowest BCUT2D eigenvalue weighted by Crippen LogP contribution is -2.25. The molecule has 0 bridgehead atoms. The number of anilines is 1. The van der Waals surface area contributed by atoms with E-state index in [0.717, 1.165) is 0 Å². The summed E-state index contributed by atoms with van der Waals surface area (Å²) in [5, 5.41) is 11.1. The first kappa shape index (κ1) is 11.0. The number of hydrogen-bond acceptors (Lipinski definition) is 2. The van der Waals surface area contributed by atoms with Gasteiger partial charge in [0.2, 0.25) is 0 Å². The molecule has 0 radical (unpaired) electrons. The van der Waals surface area contributed by atoms with Crippen molar-refractivity contribution in [1.82, 2.24) is 0 Å². The number of halogens is 2. The lowest BCUT2D eigenvalue weighted by atomic mass is 10.2. The van der Waals surface area contributed by atoms with Crippen molar-refractivity contribution in [3.05, 3.63) is 28.5 Å². The van der Waals surface area contributed by atoms with E-state index >= 15 is 0 Å². The number of carbonyl (C=O) groups is 1. The molecule has 0 heterocycles. The molecule has 0 fully saturated rings. The van der Waals surface area contributed by atoms with E-state index in [1.54, 1.807) is 6.07 Å². The predicted octanol–water partition coefficient (Wildman–Crippen LogP) is 2.47.